The quantitative estimate of drug-likeness (QED) is 0.853. The largest absolute Gasteiger partial charge is 0.354 e. The Balaban J connectivity index is 1.77. The molecule has 1 N–H and O–H groups in total. The van der Waals surface area contributed by atoms with E-state index in [0.717, 1.165) is 24.6 Å². The third-order valence-corrected chi connectivity index (χ3v) is 3.48. The van der Waals surface area contributed by atoms with Gasteiger partial charge in [0.2, 0.25) is 0 Å². The van der Waals surface area contributed by atoms with E-state index < -0.39 is 0 Å². The monoisotopic (exact) mass is 249 g/mol. The van der Waals surface area contributed by atoms with Crippen LogP contribution < -0.4 is 5.32 Å². The highest BCUT2D eigenvalue weighted by Gasteiger charge is 1.99. The van der Waals surface area contributed by atoms with Crippen molar-refractivity contribution in [2.45, 2.75) is 39.9 Å². The van der Waals surface area contributed by atoms with Crippen molar-refractivity contribution in [1.82, 2.24) is 14.9 Å². The van der Waals surface area contributed by atoms with E-state index >= 15 is 0 Å². The highest BCUT2D eigenvalue weighted by molar-refractivity contribution is 7.11. The van der Waals surface area contributed by atoms with Crippen molar-refractivity contribution >= 4 is 11.3 Å². The molecule has 4 heteroatoms. The summed E-state index contributed by atoms with van der Waals surface area (Å²) in [5.74, 6) is 0. The van der Waals surface area contributed by atoms with Crippen LogP contribution in [0.4, 0.5) is 0 Å². The Morgan fingerprint density at radius 3 is 3.00 bits per heavy atom. The first kappa shape index (κ1) is 12.3. The predicted molar refractivity (Wildman–Crippen MR) is 72.1 cm³/mol. The van der Waals surface area contributed by atoms with E-state index in [1.807, 2.05) is 6.20 Å². The molecule has 0 spiro atoms. The Hall–Kier alpha value is -1.13. The SMILES string of the molecule is CCCn1ccc(CNCc2ncc(C)s2)c1. The van der Waals surface area contributed by atoms with E-state index in [9.17, 15) is 0 Å². The summed E-state index contributed by atoms with van der Waals surface area (Å²) in [5, 5.41) is 4.58. The summed E-state index contributed by atoms with van der Waals surface area (Å²) in [7, 11) is 0. The summed E-state index contributed by atoms with van der Waals surface area (Å²) in [6.45, 7) is 7.16. The minimum atomic E-state index is 0.859. The van der Waals surface area contributed by atoms with Gasteiger partial charge in [0, 0.05) is 43.1 Å². The fourth-order valence-corrected chi connectivity index (χ4v) is 2.55. The minimum absolute atomic E-state index is 0.859. The van der Waals surface area contributed by atoms with Crippen molar-refractivity contribution in [3.05, 3.63) is 40.1 Å². The van der Waals surface area contributed by atoms with Crippen LogP contribution in [0.25, 0.3) is 0 Å². The predicted octanol–water partition coefficient (Wildman–Crippen LogP) is 2.95. The van der Waals surface area contributed by atoms with Gasteiger partial charge >= 0.3 is 0 Å². The molecule has 3 nitrogen and oxygen atoms in total. The molecule has 0 aliphatic heterocycles. The summed E-state index contributed by atoms with van der Waals surface area (Å²) in [5.41, 5.74) is 1.34. The molecular formula is C13H19N3S. The number of aromatic nitrogens is 2. The fraction of sp³-hybridized carbons (Fsp3) is 0.462. The third-order valence-electron chi connectivity index (χ3n) is 2.57. The Labute approximate surface area is 107 Å². The fourth-order valence-electron chi connectivity index (χ4n) is 1.79. The van der Waals surface area contributed by atoms with Crippen LogP contribution in [0.15, 0.2) is 24.7 Å². The smallest absolute Gasteiger partial charge is 0.107 e. The molecule has 2 rings (SSSR count). The van der Waals surface area contributed by atoms with Crippen molar-refractivity contribution in [2.24, 2.45) is 0 Å². The third kappa shape index (κ3) is 3.68. The molecule has 0 aromatic carbocycles. The Kier molecular flexibility index (Phi) is 4.34. The van der Waals surface area contributed by atoms with Crippen molar-refractivity contribution in [1.29, 1.82) is 0 Å². The second kappa shape index (κ2) is 5.98. The zero-order chi connectivity index (χ0) is 12.1. The van der Waals surface area contributed by atoms with E-state index in [1.54, 1.807) is 11.3 Å². The Morgan fingerprint density at radius 2 is 2.29 bits per heavy atom. The van der Waals surface area contributed by atoms with E-state index in [1.165, 1.54) is 16.9 Å². The lowest BCUT2D eigenvalue weighted by Crippen LogP contribution is -2.11. The van der Waals surface area contributed by atoms with Crippen LogP contribution in [0.5, 0.6) is 0 Å². The molecule has 0 unspecified atom stereocenters. The van der Waals surface area contributed by atoms with Gasteiger partial charge in [0.25, 0.3) is 0 Å². The van der Waals surface area contributed by atoms with Crippen LogP contribution in [0.3, 0.4) is 0 Å². The van der Waals surface area contributed by atoms with Crippen LogP contribution in [0.1, 0.15) is 28.8 Å². The molecule has 0 aliphatic rings. The molecule has 0 saturated carbocycles. The summed E-state index contributed by atoms with van der Waals surface area (Å²) >= 11 is 1.76. The summed E-state index contributed by atoms with van der Waals surface area (Å²) in [6.07, 6.45) is 7.47. The van der Waals surface area contributed by atoms with Gasteiger partial charge in [-0.3, -0.25) is 0 Å². The molecule has 0 atom stereocenters. The van der Waals surface area contributed by atoms with Crippen molar-refractivity contribution in [3.8, 4) is 0 Å². The Morgan fingerprint density at radius 1 is 1.41 bits per heavy atom. The van der Waals surface area contributed by atoms with E-state index in [0.29, 0.717) is 0 Å². The van der Waals surface area contributed by atoms with Crippen molar-refractivity contribution < 1.29 is 0 Å². The number of hydrogen-bond acceptors (Lipinski definition) is 3. The van der Waals surface area contributed by atoms with Crippen LogP contribution in [-0.2, 0) is 19.6 Å². The second-order valence-corrected chi connectivity index (χ2v) is 5.55. The van der Waals surface area contributed by atoms with Gasteiger partial charge in [0.15, 0.2) is 0 Å². The summed E-state index contributed by atoms with van der Waals surface area (Å²) in [6, 6.07) is 2.18. The van der Waals surface area contributed by atoms with Crippen LogP contribution in [0, 0.1) is 6.92 Å². The first-order chi connectivity index (χ1) is 8.28. The van der Waals surface area contributed by atoms with Gasteiger partial charge in [-0.15, -0.1) is 11.3 Å². The molecule has 0 amide bonds. The number of aryl methyl sites for hydroxylation is 2. The average Bonchev–Trinajstić information content (AvgIpc) is 2.89. The maximum atomic E-state index is 4.33. The highest BCUT2D eigenvalue weighted by Crippen LogP contribution is 2.10. The summed E-state index contributed by atoms with van der Waals surface area (Å²) < 4.78 is 2.24. The molecule has 2 heterocycles. The van der Waals surface area contributed by atoms with Gasteiger partial charge in [-0.25, -0.2) is 4.98 Å². The molecular weight excluding hydrogens is 230 g/mol. The maximum Gasteiger partial charge on any atom is 0.107 e. The molecule has 0 aliphatic carbocycles. The van der Waals surface area contributed by atoms with Gasteiger partial charge in [-0.05, 0) is 25.0 Å². The minimum Gasteiger partial charge on any atom is -0.354 e. The van der Waals surface area contributed by atoms with E-state index in [4.69, 9.17) is 0 Å². The molecule has 0 saturated heterocycles. The maximum absolute atomic E-state index is 4.33. The van der Waals surface area contributed by atoms with Gasteiger partial charge in [0.05, 0.1) is 0 Å². The lowest BCUT2D eigenvalue weighted by atomic mass is 10.3. The molecule has 92 valence electrons. The number of nitrogens with one attached hydrogen (secondary N) is 1. The Bertz CT molecular complexity index is 459. The van der Waals surface area contributed by atoms with Gasteiger partial charge < -0.3 is 9.88 Å². The van der Waals surface area contributed by atoms with Crippen LogP contribution in [-0.4, -0.2) is 9.55 Å². The van der Waals surface area contributed by atoms with Crippen LogP contribution in [0.2, 0.25) is 0 Å². The number of hydrogen-bond donors (Lipinski definition) is 1. The molecule has 2 aromatic heterocycles. The number of rotatable bonds is 6. The standard InChI is InChI=1S/C13H19N3S/c1-3-5-16-6-4-12(10-16)8-14-9-13-15-7-11(2)17-13/h4,6-7,10,14H,3,5,8-9H2,1-2H3. The highest BCUT2D eigenvalue weighted by atomic mass is 32.1. The lowest BCUT2D eigenvalue weighted by molar-refractivity contribution is 0.667. The molecule has 0 bridgehead atoms. The molecule has 0 fully saturated rings. The van der Waals surface area contributed by atoms with Crippen molar-refractivity contribution in [3.63, 3.8) is 0 Å². The molecule has 2 aromatic rings. The molecule has 0 radical (unpaired) electrons. The van der Waals surface area contributed by atoms with E-state index in [-0.39, 0.29) is 0 Å². The summed E-state index contributed by atoms with van der Waals surface area (Å²) in [4.78, 5) is 5.61. The second-order valence-electron chi connectivity index (χ2n) is 4.23. The number of thiazole rings is 1. The molecule has 17 heavy (non-hydrogen) atoms. The normalized spacial score (nSPS) is 10.9. The van der Waals surface area contributed by atoms with Crippen LogP contribution >= 0.6 is 11.3 Å². The first-order valence-electron chi connectivity index (χ1n) is 6.04. The van der Waals surface area contributed by atoms with Gasteiger partial charge in [0.1, 0.15) is 5.01 Å². The average molecular weight is 249 g/mol. The van der Waals surface area contributed by atoms with Gasteiger partial charge in [-0.1, -0.05) is 6.92 Å². The first-order valence-corrected chi connectivity index (χ1v) is 6.86. The van der Waals surface area contributed by atoms with Crippen molar-refractivity contribution in [2.75, 3.05) is 0 Å². The zero-order valence-corrected chi connectivity index (χ0v) is 11.3. The van der Waals surface area contributed by atoms with E-state index in [2.05, 4.69) is 47.2 Å². The lowest BCUT2D eigenvalue weighted by Gasteiger charge is -2.00. The van der Waals surface area contributed by atoms with Gasteiger partial charge in [-0.2, -0.15) is 0 Å². The number of nitrogens with zero attached hydrogens (tertiary/aromatic N) is 2. The topological polar surface area (TPSA) is 29.9 Å². The zero-order valence-electron chi connectivity index (χ0n) is 10.4.